The molecule has 1 aliphatic rings. The van der Waals surface area contributed by atoms with Gasteiger partial charge in [0, 0.05) is 17.5 Å². The third kappa shape index (κ3) is 2.45. The van der Waals surface area contributed by atoms with E-state index in [-0.39, 0.29) is 0 Å². The van der Waals surface area contributed by atoms with Gasteiger partial charge in [-0.15, -0.1) is 11.8 Å². The van der Waals surface area contributed by atoms with Gasteiger partial charge in [-0.05, 0) is 12.1 Å². The summed E-state index contributed by atoms with van der Waals surface area (Å²) < 4.78 is 22.0. The van der Waals surface area contributed by atoms with Crippen molar-refractivity contribution in [1.82, 2.24) is 0 Å². The molecule has 0 aliphatic carbocycles. The Morgan fingerprint density at radius 1 is 1.67 bits per heavy atom. The van der Waals surface area contributed by atoms with Gasteiger partial charge in [0.1, 0.15) is 0 Å². The first-order chi connectivity index (χ1) is 7.16. The van der Waals surface area contributed by atoms with Crippen LogP contribution in [0.4, 0.5) is 11.4 Å². The van der Waals surface area contributed by atoms with Crippen molar-refractivity contribution < 1.29 is 8.76 Å². The van der Waals surface area contributed by atoms with Gasteiger partial charge in [-0.1, -0.05) is 13.0 Å². The molecule has 4 nitrogen and oxygen atoms in total. The number of anilines is 2. The molecule has 0 fully saturated rings. The molecule has 82 valence electrons. The van der Waals surface area contributed by atoms with Gasteiger partial charge in [0.15, 0.2) is 0 Å². The van der Waals surface area contributed by atoms with Gasteiger partial charge in [0.25, 0.3) is 11.3 Å². The molecule has 6 heteroatoms. The minimum atomic E-state index is -2.02. The standard InChI is InChI=1S/C9H12N2O2S2/c1-6-5-10-7-3-2-4-8(9(7)14-6)11-15(12)13/h2-4,6,10-11H,5H2,1H3,(H,12,13). The van der Waals surface area contributed by atoms with Crippen LogP contribution in [0.3, 0.4) is 0 Å². The van der Waals surface area contributed by atoms with Crippen LogP contribution < -0.4 is 10.0 Å². The molecule has 0 radical (unpaired) electrons. The average Bonchev–Trinajstić information content (AvgIpc) is 2.18. The number of hydrogen-bond acceptors (Lipinski definition) is 3. The van der Waals surface area contributed by atoms with E-state index in [1.807, 2.05) is 12.1 Å². The van der Waals surface area contributed by atoms with Crippen LogP contribution in [0.5, 0.6) is 0 Å². The van der Waals surface area contributed by atoms with Gasteiger partial charge < -0.3 is 5.32 Å². The highest BCUT2D eigenvalue weighted by Crippen LogP contribution is 2.40. The van der Waals surface area contributed by atoms with Crippen LogP contribution in [0.25, 0.3) is 0 Å². The van der Waals surface area contributed by atoms with Gasteiger partial charge >= 0.3 is 0 Å². The summed E-state index contributed by atoms with van der Waals surface area (Å²) in [6.07, 6.45) is 0. The van der Waals surface area contributed by atoms with Gasteiger partial charge in [-0.2, -0.15) is 0 Å². The van der Waals surface area contributed by atoms with Gasteiger partial charge in [-0.25, -0.2) is 4.21 Å². The lowest BCUT2D eigenvalue weighted by molar-refractivity contribution is 0.570. The summed E-state index contributed by atoms with van der Waals surface area (Å²) in [6, 6.07) is 5.64. The molecule has 0 bridgehead atoms. The van der Waals surface area contributed by atoms with Gasteiger partial charge in [0.2, 0.25) is 0 Å². The van der Waals surface area contributed by atoms with E-state index in [9.17, 15) is 4.21 Å². The van der Waals surface area contributed by atoms with E-state index in [2.05, 4.69) is 17.0 Å². The Morgan fingerprint density at radius 2 is 2.47 bits per heavy atom. The Bertz CT molecular complexity index is 398. The van der Waals surface area contributed by atoms with Gasteiger partial charge in [0.05, 0.1) is 10.6 Å². The molecule has 0 saturated carbocycles. The van der Waals surface area contributed by atoms with Gasteiger partial charge in [-0.3, -0.25) is 9.27 Å². The zero-order valence-corrected chi connectivity index (χ0v) is 9.82. The molecule has 15 heavy (non-hydrogen) atoms. The van der Waals surface area contributed by atoms with E-state index in [4.69, 9.17) is 4.55 Å². The number of benzene rings is 1. The molecule has 0 amide bonds. The van der Waals surface area contributed by atoms with E-state index in [1.54, 1.807) is 17.8 Å². The van der Waals surface area contributed by atoms with Crippen molar-refractivity contribution in [2.24, 2.45) is 0 Å². The highest BCUT2D eigenvalue weighted by molar-refractivity contribution is 8.00. The second-order valence-corrected chi connectivity index (χ2v) is 5.49. The van der Waals surface area contributed by atoms with Crippen LogP contribution >= 0.6 is 11.8 Å². The lowest BCUT2D eigenvalue weighted by atomic mass is 10.2. The molecule has 0 spiro atoms. The molecule has 0 aromatic heterocycles. The lowest BCUT2D eigenvalue weighted by Gasteiger charge is -2.24. The molecule has 0 saturated heterocycles. The van der Waals surface area contributed by atoms with E-state index in [0.717, 1.165) is 17.1 Å². The summed E-state index contributed by atoms with van der Waals surface area (Å²) >= 11 is -0.307. The minimum Gasteiger partial charge on any atom is -0.383 e. The van der Waals surface area contributed by atoms with Crippen LogP contribution in [-0.4, -0.2) is 20.6 Å². The lowest BCUT2D eigenvalue weighted by Crippen LogP contribution is -2.19. The Balaban J connectivity index is 2.35. The molecule has 1 aromatic carbocycles. The predicted octanol–water partition coefficient (Wildman–Crippen LogP) is 2.14. The summed E-state index contributed by atoms with van der Waals surface area (Å²) in [5.41, 5.74) is 1.73. The number of fused-ring (bicyclic) bond motifs is 1. The zero-order valence-electron chi connectivity index (χ0n) is 8.19. The van der Waals surface area contributed by atoms with Crippen LogP contribution in [0, 0.1) is 0 Å². The smallest absolute Gasteiger partial charge is 0.259 e. The Labute approximate surface area is 95.3 Å². The second-order valence-electron chi connectivity index (χ2n) is 3.34. The minimum absolute atomic E-state index is 0.465. The third-order valence-electron chi connectivity index (χ3n) is 2.11. The zero-order chi connectivity index (χ0) is 10.8. The van der Waals surface area contributed by atoms with Crippen molar-refractivity contribution in [2.75, 3.05) is 16.6 Å². The summed E-state index contributed by atoms with van der Waals surface area (Å²) in [4.78, 5) is 1.01. The Morgan fingerprint density at radius 3 is 3.20 bits per heavy atom. The van der Waals surface area contributed by atoms with E-state index in [0.29, 0.717) is 10.9 Å². The number of hydrogen-bond donors (Lipinski definition) is 3. The van der Waals surface area contributed by atoms with Crippen LogP contribution in [0.2, 0.25) is 0 Å². The summed E-state index contributed by atoms with van der Waals surface area (Å²) in [5, 5.41) is 3.75. The van der Waals surface area contributed by atoms with E-state index < -0.39 is 11.3 Å². The first kappa shape index (κ1) is 10.8. The summed E-state index contributed by atoms with van der Waals surface area (Å²) in [7, 11) is 0. The predicted molar refractivity (Wildman–Crippen MR) is 64.6 cm³/mol. The van der Waals surface area contributed by atoms with Crippen molar-refractivity contribution in [1.29, 1.82) is 0 Å². The van der Waals surface area contributed by atoms with Crippen LogP contribution in [-0.2, 0) is 11.3 Å². The highest BCUT2D eigenvalue weighted by Gasteiger charge is 2.18. The average molecular weight is 244 g/mol. The largest absolute Gasteiger partial charge is 0.383 e. The maximum Gasteiger partial charge on any atom is 0.259 e. The molecular formula is C9H12N2O2S2. The fourth-order valence-electron chi connectivity index (χ4n) is 1.47. The number of thioether (sulfide) groups is 1. The summed E-state index contributed by atoms with van der Waals surface area (Å²) in [6.45, 7) is 3.04. The molecule has 2 atom stereocenters. The quantitative estimate of drug-likeness (QED) is 0.698. The Kier molecular flexibility index (Phi) is 3.18. The monoisotopic (exact) mass is 244 g/mol. The SMILES string of the molecule is CC1CNc2cccc(NS(=O)O)c2S1. The first-order valence-corrected chi connectivity index (χ1v) is 6.56. The molecule has 1 aliphatic heterocycles. The first-order valence-electron chi connectivity index (χ1n) is 4.58. The second kappa shape index (κ2) is 4.42. The van der Waals surface area contributed by atoms with E-state index >= 15 is 0 Å². The van der Waals surface area contributed by atoms with Crippen LogP contribution in [0.1, 0.15) is 6.92 Å². The molecule has 2 rings (SSSR count). The number of rotatable bonds is 2. The van der Waals surface area contributed by atoms with Crippen molar-refractivity contribution >= 4 is 34.4 Å². The van der Waals surface area contributed by atoms with Crippen molar-refractivity contribution in [3.63, 3.8) is 0 Å². The van der Waals surface area contributed by atoms with Crippen molar-refractivity contribution in [2.45, 2.75) is 17.1 Å². The molecule has 1 heterocycles. The molecule has 2 unspecified atom stereocenters. The van der Waals surface area contributed by atoms with Crippen LogP contribution in [0.15, 0.2) is 23.1 Å². The molecule has 1 aromatic rings. The maximum absolute atomic E-state index is 10.7. The Hall–Kier alpha value is -0.720. The fraction of sp³-hybridized carbons (Fsp3) is 0.333. The normalized spacial score (nSPS) is 21.3. The molecular weight excluding hydrogens is 232 g/mol. The maximum atomic E-state index is 10.7. The number of nitrogens with one attached hydrogen (secondary N) is 2. The van der Waals surface area contributed by atoms with Crippen molar-refractivity contribution in [3.05, 3.63) is 18.2 Å². The fourth-order valence-corrected chi connectivity index (χ4v) is 2.98. The third-order valence-corrected chi connectivity index (χ3v) is 3.75. The van der Waals surface area contributed by atoms with Crippen molar-refractivity contribution in [3.8, 4) is 0 Å². The molecule has 3 N–H and O–H groups in total. The summed E-state index contributed by atoms with van der Waals surface area (Å²) in [5.74, 6) is 0. The topological polar surface area (TPSA) is 61.4 Å². The highest BCUT2D eigenvalue weighted by atomic mass is 32.2. The van der Waals surface area contributed by atoms with E-state index in [1.165, 1.54) is 0 Å².